The Morgan fingerprint density at radius 2 is 1.63 bits per heavy atom. The second kappa shape index (κ2) is 8.44. The number of fused-ring (bicyclic) bond motifs is 1. The Morgan fingerprint density at radius 3 is 2.30 bits per heavy atom. The van der Waals surface area contributed by atoms with Crippen LogP contribution in [0.4, 0.5) is 5.69 Å². The van der Waals surface area contributed by atoms with Crippen molar-refractivity contribution in [1.29, 1.82) is 0 Å². The molecule has 0 radical (unpaired) electrons. The minimum Gasteiger partial charge on any atom is -0.378 e. The second-order valence-electron chi connectivity index (χ2n) is 7.43. The Balaban J connectivity index is 1.87. The maximum Gasteiger partial charge on any atom is 0.266 e. The summed E-state index contributed by atoms with van der Waals surface area (Å²) in [5.74, 6) is 0.606. The first-order valence-electron chi connectivity index (χ1n) is 9.67. The number of benzene rings is 3. The van der Waals surface area contributed by atoms with Crippen LogP contribution in [0.3, 0.4) is 0 Å². The van der Waals surface area contributed by atoms with Crippen LogP contribution in [0.25, 0.3) is 28.7 Å². The molecule has 4 rings (SSSR count). The van der Waals surface area contributed by atoms with Gasteiger partial charge in [-0.3, -0.25) is 9.36 Å². The summed E-state index contributed by atoms with van der Waals surface area (Å²) >= 11 is 2.22. The van der Waals surface area contributed by atoms with E-state index in [0.717, 1.165) is 26.1 Å². The van der Waals surface area contributed by atoms with E-state index < -0.39 is 0 Å². The molecule has 0 N–H and O–H groups in total. The number of hydrogen-bond acceptors (Lipinski definition) is 3. The van der Waals surface area contributed by atoms with Gasteiger partial charge < -0.3 is 4.90 Å². The topological polar surface area (TPSA) is 38.1 Å². The maximum atomic E-state index is 13.4. The summed E-state index contributed by atoms with van der Waals surface area (Å²) in [6.45, 7) is 2.03. The highest BCUT2D eigenvalue weighted by Crippen LogP contribution is 2.19. The van der Waals surface area contributed by atoms with Crippen molar-refractivity contribution in [3.63, 3.8) is 0 Å². The van der Waals surface area contributed by atoms with E-state index in [1.54, 1.807) is 4.57 Å². The largest absolute Gasteiger partial charge is 0.378 e. The SMILES string of the molecule is Cc1ccc(-n2c(/C=C/c3ccc(N(C)C)cc3)nc3ccc(I)cc3c2=O)cc1. The standard InChI is InChI=1S/C25H22IN3O/c1-17-4-10-21(11-5-17)29-24(15-8-18-6-12-20(13-7-18)28(2)3)27-23-14-9-19(26)16-22(23)25(29)30/h4-16H,1-3H3/b15-8+. The van der Waals surface area contributed by atoms with Crippen LogP contribution < -0.4 is 10.5 Å². The van der Waals surface area contributed by atoms with Gasteiger partial charge in [0.1, 0.15) is 5.82 Å². The van der Waals surface area contributed by atoms with Crippen LogP contribution in [0, 0.1) is 10.5 Å². The highest BCUT2D eigenvalue weighted by atomic mass is 127. The Kier molecular flexibility index (Phi) is 5.72. The molecular formula is C25H22IN3O. The van der Waals surface area contributed by atoms with Gasteiger partial charge in [0.25, 0.3) is 5.56 Å². The van der Waals surface area contributed by atoms with Gasteiger partial charge in [0.05, 0.1) is 16.6 Å². The summed E-state index contributed by atoms with van der Waals surface area (Å²) in [5.41, 5.74) is 4.78. The van der Waals surface area contributed by atoms with Crippen LogP contribution in [0.2, 0.25) is 0 Å². The fraction of sp³-hybridized carbons (Fsp3) is 0.120. The number of nitrogens with zero attached hydrogens (tertiary/aromatic N) is 3. The van der Waals surface area contributed by atoms with Gasteiger partial charge in [-0.15, -0.1) is 0 Å². The number of rotatable bonds is 4. The van der Waals surface area contributed by atoms with Gasteiger partial charge in [0.15, 0.2) is 0 Å². The number of anilines is 1. The van der Waals surface area contributed by atoms with Gasteiger partial charge in [-0.05, 0) is 83.6 Å². The summed E-state index contributed by atoms with van der Waals surface area (Å²) in [7, 11) is 4.04. The molecule has 4 nitrogen and oxygen atoms in total. The predicted octanol–water partition coefficient (Wildman–Crippen LogP) is 5.54. The molecule has 0 unspecified atom stereocenters. The third-order valence-electron chi connectivity index (χ3n) is 4.98. The molecule has 3 aromatic carbocycles. The zero-order valence-corrected chi connectivity index (χ0v) is 19.3. The molecule has 5 heteroatoms. The molecule has 0 saturated heterocycles. The number of aryl methyl sites for hydroxylation is 1. The van der Waals surface area contributed by atoms with Gasteiger partial charge in [0.2, 0.25) is 0 Å². The summed E-state index contributed by atoms with van der Waals surface area (Å²) in [6, 6.07) is 22.0. The van der Waals surface area contributed by atoms with E-state index in [1.807, 2.05) is 75.6 Å². The fourth-order valence-electron chi connectivity index (χ4n) is 3.28. The molecule has 0 spiro atoms. The zero-order valence-electron chi connectivity index (χ0n) is 17.1. The fourth-order valence-corrected chi connectivity index (χ4v) is 3.78. The van der Waals surface area contributed by atoms with Gasteiger partial charge in [-0.25, -0.2) is 4.98 Å². The van der Waals surface area contributed by atoms with E-state index >= 15 is 0 Å². The van der Waals surface area contributed by atoms with E-state index in [1.165, 1.54) is 0 Å². The lowest BCUT2D eigenvalue weighted by Crippen LogP contribution is -2.22. The van der Waals surface area contributed by atoms with Crippen molar-refractivity contribution in [3.8, 4) is 5.69 Å². The van der Waals surface area contributed by atoms with Gasteiger partial charge >= 0.3 is 0 Å². The Labute approximate surface area is 189 Å². The minimum absolute atomic E-state index is 0.0648. The van der Waals surface area contributed by atoms with Crippen LogP contribution in [-0.4, -0.2) is 23.6 Å². The van der Waals surface area contributed by atoms with E-state index in [-0.39, 0.29) is 5.56 Å². The average Bonchev–Trinajstić information content (AvgIpc) is 2.74. The van der Waals surface area contributed by atoms with Gasteiger partial charge in [0, 0.05) is 23.4 Å². The molecule has 1 heterocycles. The van der Waals surface area contributed by atoms with E-state index in [4.69, 9.17) is 4.98 Å². The monoisotopic (exact) mass is 507 g/mol. The lowest BCUT2D eigenvalue weighted by Gasteiger charge is -2.13. The van der Waals surface area contributed by atoms with Crippen LogP contribution >= 0.6 is 22.6 Å². The van der Waals surface area contributed by atoms with Crippen molar-refractivity contribution in [2.24, 2.45) is 0 Å². The molecule has 0 amide bonds. The van der Waals surface area contributed by atoms with Gasteiger partial charge in [-0.1, -0.05) is 35.9 Å². The number of aromatic nitrogens is 2. The first kappa shape index (κ1) is 20.3. The smallest absolute Gasteiger partial charge is 0.266 e. The van der Waals surface area contributed by atoms with Crippen molar-refractivity contribution >= 4 is 51.3 Å². The summed E-state index contributed by atoms with van der Waals surface area (Å²) in [5, 5.41) is 0.620. The predicted molar refractivity (Wildman–Crippen MR) is 134 cm³/mol. The Morgan fingerprint density at radius 1 is 0.933 bits per heavy atom. The molecular weight excluding hydrogens is 485 g/mol. The van der Waals surface area contributed by atoms with E-state index in [9.17, 15) is 4.79 Å². The lowest BCUT2D eigenvalue weighted by atomic mass is 10.1. The molecule has 0 aliphatic rings. The zero-order chi connectivity index (χ0) is 21.3. The van der Waals surface area contributed by atoms with E-state index in [2.05, 4.69) is 51.8 Å². The first-order valence-corrected chi connectivity index (χ1v) is 10.7. The minimum atomic E-state index is -0.0648. The second-order valence-corrected chi connectivity index (χ2v) is 8.67. The number of hydrogen-bond donors (Lipinski definition) is 0. The molecule has 0 bridgehead atoms. The van der Waals surface area contributed by atoms with Crippen molar-refractivity contribution in [1.82, 2.24) is 9.55 Å². The summed E-state index contributed by atoms with van der Waals surface area (Å²) < 4.78 is 2.70. The maximum absolute atomic E-state index is 13.4. The summed E-state index contributed by atoms with van der Waals surface area (Å²) in [6.07, 6.45) is 3.90. The Hall–Kier alpha value is -2.93. The number of halogens is 1. The third kappa shape index (κ3) is 4.16. The van der Waals surface area contributed by atoms with Crippen LogP contribution in [0.15, 0.2) is 71.5 Å². The van der Waals surface area contributed by atoms with Crippen molar-refractivity contribution in [2.45, 2.75) is 6.92 Å². The van der Waals surface area contributed by atoms with Crippen LogP contribution in [0.5, 0.6) is 0 Å². The molecule has 0 atom stereocenters. The molecule has 30 heavy (non-hydrogen) atoms. The highest BCUT2D eigenvalue weighted by Gasteiger charge is 2.11. The molecule has 0 aliphatic heterocycles. The Bertz CT molecular complexity index is 1290. The molecule has 0 aliphatic carbocycles. The lowest BCUT2D eigenvalue weighted by molar-refractivity contribution is 0.943. The molecule has 0 fully saturated rings. The van der Waals surface area contributed by atoms with Gasteiger partial charge in [-0.2, -0.15) is 0 Å². The first-order chi connectivity index (χ1) is 14.4. The highest BCUT2D eigenvalue weighted by molar-refractivity contribution is 14.1. The van der Waals surface area contributed by atoms with Crippen molar-refractivity contribution in [3.05, 3.63) is 97.6 Å². The third-order valence-corrected chi connectivity index (χ3v) is 5.65. The molecule has 1 aromatic heterocycles. The van der Waals surface area contributed by atoms with Crippen LogP contribution in [-0.2, 0) is 0 Å². The van der Waals surface area contributed by atoms with Crippen molar-refractivity contribution < 1.29 is 0 Å². The van der Waals surface area contributed by atoms with Crippen molar-refractivity contribution in [2.75, 3.05) is 19.0 Å². The quantitative estimate of drug-likeness (QED) is 0.341. The molecule has 150 valence electrons. The summed E-state index contributed by atoms with van der Waals surface area (Å²) in [4.78, 5) is 20.3. The van der Waals surface area contributed by atoms with Crippen LogP contribution in [0.1, 0.15) is 17.0 Å². The molecule has 4 aromatic rings. The molecule has 0 saturated carbocycles. The normalized spacial score (nSPS) is 11.3. The average molecular weight is 507 g/mol. The van der Waals surface area contributed by atoms with E-state index in [0.29, 0.717) is 16.7 Å².